The first-order chi connectivity index (χ1) is 8.75. The van der Waals surface area contributed by atoms with Gasteiger partial charge in [0.05, 0.1) is 5.69 Å². The van der Waals surface area contributed by atoms with Gasteiger partial charge in [0.25, 0.3) is 0 Å². The summed E-state index contributed by atoms with van der Waals surface area (Å²) in [5.74, 6) is 0. The molecule has 0 saturated carbocycles. The maximum atomic E-state index is 12.7. The predicted octanol–water partition coefficient (Wildman–Crippen LogP) is 4.44. The van der Waals surface area contributed by atoms with E-state index in [0.29, 0.717) is 5.56 Å². The van der Waals surface area contributed by atoms with Crippen LogP contribution in [0.4, 0.5) is 13.2 Å². The number of aromatic amines is 1. The molecule has 2 rings (SSSR count). The first-order valence-electron chi connectivity index (χ1n) is 5.53. The van der Waals surface area contributed by atoms with Crippen molar-refractivity contribution in [1.29, 1.82) is 0 Å². The molecule has 0 radical (unpaired) electrons. The van der Waals surface area contributed by atoms with Crippen LogP contribution in [0.15, 0.2) is 24.3 Å². The number of nitrogens with zero attached hydrogens (tertiary/aromatic N) is 1. The summed E-state index contributed by atoms with van der Waals surface area (Å²) in [7, 11) is 0. The van der Waals surface area contributed by atoms with Gasteiger partial charge in [-0.25, -0.2) is 4.98 Å². The third-order valence-corrected chi connectivity index (χ3v) is 2.76. The fourth-order valence-electron chi connectivity index (χ4n) is 1.88. The zero-order valence-corrected chi connectivity index (χ0v) is 11.1. The topological polar surface area (TPSA) is 28.7 Å². The van der Waals surface area contributed by atoms with Gasteiger partial charge in [-0.1, -0.05) is 17.2 Å². The number of hydrogen-bond donors (Lipinski definition) is 1. The van der Waals surface area contributed by atoms with Gasteiger partial charge in [0, 0.05) is 5.56 Å². The first-order valence-corrected chi connectivity index (χ1v) is 5.94. The van der Waals surface area contributed by atoms with Gasteiger partial charge >= 0.3 is 6.18 Å². The van der Waals surface area contributed by atoms with Gasteiger partial charge in [-0.15, -0.1) is 0 Å². The average Bonchev–Trinajstić information content (AvgIpc) is 2.25. The van der Waals surface area contributed by atoms with Crippen molar-refractivity contribution in [3.05, 3.63) is 45.9 Å². The van der Waals surface area contributed by atoms with Crippen LogP contribution in [-0.4, -0.2) is 9.97 Å². The third-order valence-electron chi connectivity index (χ3n) is 2.57. The van der Waals surface area contributed by atoms with Gasteiger partial charge in [0.15, 0.2) is 4.77 Å². The maximum Gasteiger partial charge on any atom is 0.431 e. The lowest BCUT2D eigenvalue weighted by molar-refractivity contribution is -0.141. The Balaban J connectivity index is 2.63. The Morgan fingerprint density at radius 2 is 1.63 bits per heavy atom. The maximum absolute atomic E-state index is 12.7. The Hall–Kier alpha value is -1.69. The molecule has 2 nitrogen and oxygen atoms in total. The molecule has 100 valence electrons. The van der Waals surface area contributed by atoms with E-state index in [2.05, 4.69) is 9.97 Å². The summed E-state index contributed by atoms with van der Waals surface area (Å²) in [5, 5.41) is 0. The van der Waals surface area contributed by atoms with Gasteiger partial charge in [-0.3, -0.25) is 0 Å². The Kier molecular flexibility index (Phi) is 3.45. The molecular weight excluding hydrogens is 273 g/mol. The molecule has 0 spiro atoms. The van der Waals surface area contributed by atoms with E-state index in [1.165, 1.54) is 0 Å². The second kappa shape index (κ2) is 4.77. The highest BCUT2D eigenvalue weighted by Gasteiger charge is 2.32. The Morgan fingerprint density at radius 1 is 1.05 bits per heavy atom. The minimum absolute atomic E-state index is 0.177. The number of halogens is 3. The molecule has 0 amide bonds. The van der Waals surface area contributed by atoms with Crippen molar-refractivity contribution in [2.45, 2.75) is 20.0 Å². The van der Waals surface area contributed by atoms with E-state index < -0.39 is 11.9 Å². The van der Waals surface area contributed by atoms with E-state index in [1.807, 2.05) is 19.9 Å². The number of hydrogen-bond acceptors (Lipinski definition) is 2. The van der Waals surface area contributed by atoms with Crippen LogP contribution < -0.4 is 0 Å². The molecule has 0 atom stereocenters. The molecule has 1 aromatic heterocycles. The van der Waals surface area contributed by atoms with E-state index in [0.717, 1.165) is 17.2 Å². The molecule has 0 fully saturated rings. The van der Waals surface area contributed by atoms with Crippen molar-refractivity contribution >= 4 is 12.2 Å². The zero-order valence-electron chi connectivity index (χ0n) is 10.3. The molecule has 0 aliphatic rings. The number of aromatic nitrogens is 2. The lowest BCUT2D eigenvalue weighted by atomic mass is 10.0. The minimum atomic E-state index is -4.47. The van der Waals surface area contributed by atoms with Gasteiger partial charge < -0.3 is 4.98 Å². The van der Waals surface area contributed by atoms with Gasteiger partial charge in [-0.05, 0) is 44.3 Å². The van der Waals surface area contributed by atoms with Crippen molar-refractivity contribution in [1.82, 2.24) is 9.97 Å². The van der Waals surface area contributed by atoms with Crippen molar-refractivity contribution in [2.75, 3.05) is 0 Å². The smallest absolute Gasteiger partial charge is 0.327 e. The van der Waals surface area contributed by atoms with Crippen molar-refractivity contribution in [2.24, 2.45) is 0 Å². The standard InChI is InChI=1S/C13H11F3N2S/c1-7-3-8(2)5-9(4-7)10-6-11(13(14,15)16)18-12(19)17-10/h3-6H,1-2H3,(H,17,18,19). The lowest BCUT2D eigenvalue weighted by Gasteiger charge is -2.09. The predicted molar refractivity (Wildman–Crippen MR) is 69.3 cm³/mol. The van der Waals surface area contributed by atoms with Gasteiger partial charge in [-0.2, -0.15) is 13.2 Å². The SMILES string of the molecule is Cc1cc(C)cc(-c2cc(C(F)(F)F)[nH]c(=S)n2)c1. The zero-order chi connectivity index (χ0) is 14.2. The highest BCUT2D eigenvalue weighted by Crippen LogP contribution is 2.30. The van der Waals surface area contributed by atoms with Crippen LogP contribution in [0.3, 0.4) is 0 Å². The third kappa shape index (κ3) is 3.20. The largest absolute Gasteiger partial charge is 0.431 e. The van der Waals surface area contributed by atoms with E-state index >= 15 is 0 Å². The van der Waals surface area contributed by atoms with Crippen LogP contribution in [-0.2, 0) is 6.18 Å². The van der Waals surface area contributed by atoms with E-state index in [1.54, 1.807) is 12.1 Å². The molecule has 0 unspecified atom stereocenters. The van der Waals surface area contributed by atoms with Gasteiger partial charge in [0.2, 0.25) is 0 Å². The number of nitrogens with one attached hydrogen (secondary N) is 1. The number of benzene rings is 1. The monoisotopic (exact) mass is 284 g/mol. The van der Waals surface area contributed by atoms with Crippen molar-refractivity contribution < 1.29 is 13.2 Å². The molecule has 1 heterocycles. The normalized spacial score (nSPS) is 11.6. The van der Waals surface area contributed by atoms with Crippen LogP contribution in [0.5, 0.6) is 0 Å². The minimum Gasteiger partial charge on any atom is -0.327 e. The Labute approximate surface area is 113 Å². The fourth-order valence-corrected chi connectivity index (χ4v) is 2.09. The van der Waals surface area contributed by atoms with E-state index in [-0.39, 0.29) is 10.5 Å². The number of H-pyrrole nitrogens is 1. The summed E-state index contributed by atoms with van der Waals surface area (Å²) < 4.78 is 38.0. The quantitative estimate of drug-likeness (QED) is 0.784. The summed E-state index contributed by atoms with van der Waals surface area (Å²) >= 11 is 4.75. The van der Waals surface area contributed by atoms with Gasteiger partial charge in [0.1, 0.15) is 5.69 Å². The van der Waals surface area contributed by atoms with Crippen LogP contribution >= 0.6 is 12.2 Å². The lowest BCUT2D eigenvalue weighted by Crippen LogP contribution is -2.09. The van der Waals surface area contributed by atoms with Crippen LogP contribution in [0, 0.1) is 18.6 Å². The molecule has 0 saturated heterocycles. The molecule has 0 aliphatic heterocycles. The van der Waals surface area contributed by atoms with E-state index in [4.69, 9.17) is 12.2 Å². The fraction of sp³-hybridized carbons (Fsp3) is 0.231. The number of rotatable bonds is 1. The summed E-state index contributed by atoms with van der Waals surface area (Å²) in [6.45, 7) is 3.76. The average molecular weight is 284 g/mol. The molecule has 1 aromatic carbocycles. The molecule has 19 heavy (non-hydrogen) atoms. The highest BCUT2D eigenvalue weighted by molar-refractivity contribution is 7.71. The summed E-state index contributed by atoms with van der Waals surface area (Å²) in [6.07, 6.45) is -4.47. The number of alkyl halides is 3. The molecule has 0 bridgehead atoms. The van der Waals surface area contributed by atoms with Crippen LogP contribution in [0.25, 0.3) is 11.3 Å². The first kappa shape index (κ1) is 13.7. The van der Waals surface area contributed by atoms with Crippen molar-refractivity contribution in [3.63, 3.8) is 0 Å². The summed E-state index contributed by atoms with van der Waals surface area (Å²) in [5.41, 5.74) is 1.89. The van der Waals surface area contributed by atoms with Crippen LogP contribution in [0.1, 0.15) is 16.8 Å². The summed E-state index contributed by atoms with van der Waals surface area (Å²) in [4.78, 5) is 6.02. The molecular formula is C13H11F3N2S. The number of aryl methyl sites for hydroxylation is 2. The Morgan fingerprint density at radius 3 is 2.16 bits per heavy atom. The second-order valence-electron chi connectivity index (χ2n) is 4.36. The molecule has 1 N–H and O–H groups in total. The molecule has 6 heteroatoms. The second-order valence-corrected chi connectivity index (χ2v) is 4.75. The highest BCUT2D eigenvalue weighted by atomic mass is 32.1. The molecule has 0 aliphatic carbocycles. The molecule has 2 aromatic rings. The Bertz CT molecular complexity index is 654. The van der Waals surface area contributed by atoms with E-state index in [9.17, 15) is 13.2 Å². The van der Waals surface area contributed by atoms with Crippen LogP contribution in [0.2, 0.25) is 0 Å². The summed E-state index contributed by atoms with van der Waals surface area (Å²) in [6, 6.07) is 6.48. The van der Waals surface area contributed by atoms with Crippen molar-refractivity contribution in [3.8, 4) is 11.3 Å².